The van der Waals surface area contributed by atoms with Gasteiger partial charge in [0.25, 0.3) is 0 Å². The van der Waals surface area contributed by atoms with Crippen LogP contribution in [0.15, 0.2) is 41.8 Å². The van der Waals surface area contributed by atoms with Crippen LogP contribution in [0.5, 0.6) is 0 Å². The van der Waals surface area contributed by atoms with Gasteiger partial charge in [0.15, 0.2) is 5.78 Å². The molecule has 2 heterocycles. The summed E-state index contributed by atoms with van der Waals surface area (Å²) in [6.45, 7) is 3.03. The smallest absolute Gasteiger partial charge is 0.321 e. The van der Waals surface area contributed by atoms with Crippen molar-refractivity contribution in [3.05, 3.63) is 51.7 Å². The number of rotatable bonds is 4. The van der Waals surface area contributed by atoms with Gasteiger partial charge in [-0.05, 0) is 35.7 Å². The zero-order chi connectivity index (χ0) is 16.9. The number of nitrogens with zero attached hydrogens (tertiary/aromatic N) is 2. The average molecular weight is 364 g/mol. The van der Waals surface area contributed by atoms with E-state index in [4.69, 9.17) is 11.6 Å². The van der Waals surface area contributed by atoms with Gasteiger partial charge in [0.2, 0.25) is 0 Å². The van der Waals surface area contributed by atoms with Gasteiger partial charge in [0.05, 0.1) is 11.4 Å². The van der Waals surface area contributed by atoms with Gasteiger partial charge in [-0.2, -0.15) is 0 Å². The van der Waals surface area contributed by atoms with Gasteiger partial charge in [-0.25, -0.2) is 4.79 Å². The lowest BCUT2D eigenvalue weighted by Gasteiger charge is -2.34. The molecule has 2 aromatic rings. The minimum absolute atomic E-state index is 0.124. The molecule has 3 rings (SSSR count). The van der Waals surface area contributed by atoms with E-state index >= 15 is 0 Å². The highest BCUT2D eigenvalue weighted by atomic mass is 35.5. The van der Waals surface area contributed by atoms with E-state index < -0.39 is 0 Å². The Bertz CT molecular complexity index is 695. The Morgan fingerprint density at radius 1 is 1.08 bits per heavy atom. The number of halogens is 1. The molecule has 1 fully saturated rings. The number of benzene rings is 1. The summed E-state index contributed by atoms with van der Waals surface area (Å²) in [5.41, 5.74) is 0.722. The minimum atomic E-state index is -0.124. The van der Waals surface area contributed by atoms with Crippen LogP contribution in [0.4, 0.5) is 10.5 Å². The Kier molecular flexibility index (Phi) is 5.50. The Labute approximate surface area is 149 Å². The van der Waals surface area contributed by atoms with E-state index in [-0.39, 0.29) is 11.8 Å². The first-order valence-electron chi connectivity index (χ1n) is 7.72. The summed E-state index contributed by atoms with van der Waals surface area (Å²) < 4.78 is 0. The van der Waals surface area contributed by atoms with Crippen molar-refractivity contribution in [1.29, 1.82) is 0 Å². The summed E-state index contributed by atoms with van der Waals surface area (Å²) in [7, 11) is 0. The van der Waals surface area contributed by atoms with Crippen LogP contribution in [-0.4, -0.2) is 54.3 Å². The molecule has 1 aromatic heterocycles. The molecule has 1 N–H and O–H groups in total. The molecule has 1 aromatic carbocycles. The van der Waals surface area contributed by atoms with E-state index in [1.54, 1.807) is 29.2 Å². The van der Waals surface area contributed by atoms with Gasteiger partial charge in [-0.15, -0.1) is 11.3 Å². The quantitative estimate of drug-likeness (QED) is 0.847. The average Bonchev–Trinajstić information content (AvgIpc) is 3.12. The number of anilines is 1. The molecule has 2 amide bonds. The Hall–Kier alpha value is -1.89. The van der Waals surface area contributed by atoms with Gasteiger partial charge >= 0.3 is 6.03 Å². The zero-order valence-corrected chi connectivity index (χ0v) is 14.6. The van der Waals surface area contributed by atoms with Crippen LogP contribution in [0.2, 0.25) is 5.02 Å². The van der Waals surface area contributed by atoms with Crippen LogP contribution >= 0.6 is 22.9 Å². The SMILES string of the molecule is O=C(CN1CCN(C(=O)Nc2ccc(Cl)cc2)CC1)c1cccs1. The number of hydrogen-bond acceptors (Lipinski definition) is 4. The summed E-state index contributed by atoms with van der Waals surface area (Å²) in [5, 5.41) is 5.41. The van der Waals surface area contributed by atoms with E-state index in [0.29, 0.717) is 37.7 Å². The van der Waals surface area contributed by atoms with E-state index in [1.807, 2.05) is 17.5 Å². The number of urea groups is 1. The van der Waals surface area contributed by atoms with Crippen molar-refractivity contribution in [1.82, 2.24) is 9.80 Å². The maximum atomic E-state index is 12.3. The van der Waals surface area contributed by atoms with Crippen LogP contribution in [0.3, 0.4) is 0 Å². The molecule has 126 valence electrons. The van der Waals surface area contributed by atoms with Crippen LogP contribution in [0.25, 0.3) is 0 Å². The van der Waals surface area contributed by atoms with E-state index in [9.17, 15) is 9.59 Å². The number of amides is 2. The first-order valence-corrected chi connectivity index (χ1v) is 8.98. The topological polar surface area (TPSA) is 52.7 Å². The van der Waals surface area contributed by atoms with Crippen LogP contribution in [0.1, 0.15) is 9.67 Å². The second-order valence-electron chi connectivity index (χ2n) is 5.60. The molecule has 0 radical (unpaired) electrons. The van der Waals surface area contributed by atoms with Crippen molar-refractivity contribution in [2.45, 2.75) is 0 Å². The molecule has 24 heavy (non-hydrogen) atoms. The Balaban J connectivity index is 1.47. The molecular weight excluding hydrogens is 346 g/mol. The van der Waals surface area contributed by atoms with Crippen molar-refractivity contribution in [2.24, 2.45) is 0 Å². The van der Waals surface area contributed by atoms with Crippen molar-refractivity contribution in [3.8, 4) is 0 Å². The molecule has 1 aliphatic heterocycles. The number of nitrogens with one attached hydrogen (secondary N) is 1. The lowest BCUT2D eigenvalue weighted by atomic mass is 10.2. The van der Waals surface area contributed by atoms with E-state index in [1.165, 1.54) is 11.3 Å². The lowest BCUT2D eigenvalue weighted by molar-refractivity contribution is 0.0887. The maximum absolute atomic E-state index is 12.3. The normalized spacial score (nSPS) is 15.3. The largest absolute Gasteiger partial charge is 0.322 e. The third-order valence-corrected chi connectivity index (χ3v) is 5.08. The van der Waals surface area contributed by atoms with E-state index in [0.717, 1.165) is 10.6 Å². The second kappa shape index (κ2) is 7.79. The molecule has 1 aliphatic rings. The van der Waals surface area contributed by atoms with E-state index in [2.05, 4.69) is 10.2 Å². The number of ketones is 1. The molecule has 0 saturated carbocycles. The third kappa shape index (κ3) is 4.35. The minimum Gasteiger partial charge on any atom is -0.322 e. The van der Waals surface area contributed by atoms with Gasteiger partial charge in [0.1, 0.15) is 0 Å². The molecule has 5 nitrogen and oxygen atoms in total. The van der Waals surface area contributed by atoms with Gasteiger partial charge < -0.3 is 10.2 Å². The van der Waals surface area contributed by atoms with Crippen molar-refractivity contribution in [2.75, 3.05) is 38.0 Å². The first-order chi connectivity index (χ1) is 11.6. The number of carbonyl (C=O) groups excluding carboxylic acids is 2. The fourth-order valence-corrected chi connectivity index (χ4v) is 3.35. The zero-order valence-electron chi connectivity index (χ0n) is 13.1. The maximum Gasteiger partial charge on any atom is 0.321 e. The fraction of sp³-hybridized carbons (Fsp3) is 0.294. The van der Waals surface area contributed by atoms with Gasteiger partial charge in [-0.1, -0.05) is 17.7 Å². The van der Waals surface area contributed by atoms with Crippen molar-refractivity contribution >= 4 is 40.4 Å². The van der Waals surface area contributed by atoms with Crippen molar-refractivity contribution < 1.29 is 9.59 Å². The number of carbonyl (C=O) groups is 2. The highest BCUT2D eigenvalue weighted by Crippen LogP contribution is 2.15. The molecule has 0 spiro atoms. The first kappa shape index (κ1) is 17.0. The number of hydrogen-bond donors (Lipinski definition) is 1. The Morgan fingerprint density at radius 2 is 1.79 bits per heavy atom. The molecule has 7 heteroatoms. The number of piperazine rings is 1. The summed E-state index contributed by atoms with van der Waals surface area (Å²) in [6, 6.07) is 10.6. The molecule has 0 atom stereocenters. The van der Waals surface area contributed by atoms with Crippen LogP contribution in [0, 0.1) is 0 Å². The molecule has 1 saturated heterocycles. The summed E-state index contributed by atoms with van der Waals surface area (Å²) >= 11 is 7.30. The van der Waals surface area contributed by atoms with Crippen LogP contribution < -0.4 is 5.32 Å². The summed E-state index contributed by atoms with van der Waals surface area (Å²) in [4.78, 5) is 29.0. The summed E-state index contributed by atoms with van der Waals surface area (Å²) in [5.74, 6) is 0.143. The predicted molar refractivity (Wildman–Crippen MR) is 97.1 cm³/mol. The number of thiophene rings is 1. The molecule has 0 aliphatic carbocycles. The fourth-order valence-electron chi connectivity index (χ4n) is 2.56. The predicted octanol–water partition coefficient (Wildman–Crippen LogP) is 3.43. The second-order valence-corrected chi connectivity index (χ2v) is 6.98. The van der Waals surface area contributed by atoms with Gasteiger partial charge in [-0.3, -0.25) is 9.69 Å². The molecule has 0 bridgehead atoms. The van der Waals surface area contributed by atoms with Gasteiger partial charge in [0, 0.05) is 36.9 Å². The third-order valence-electron chi connectivity index (χ3n) is 3.92. The molecule has 0 unspecified atom stereocenters. The Morgan fingerprint density at radius 3 is 2.42 bits per heavy atom. The molecular formula is C17H18ClN3O2S. The summed E-state index contributed by atoms with van der Waals surface area (Å²) in [6.07, 6.45) is 0. The standard InChI is InChI=1S/C17H18ClN3O2S/c18-13-3-5-14(6-4-13)19-17(23)21-9-7-20(8-10-21)12-15(22)16-2-1-11-24-16/h1-6,11H,7-10,12H2,(H,19,23). The number of Topliss-reactive ketones (excluding diaryl/α,β-unsaturated/α-hetero) is 1. The highest BCUT2D eigenvalue weighted by molar-refractivity contribution is 7.12. The monoisotopic (exact) mass is 363 g/mol. The lowest BCUT2D eigenvalue weighted by Crippen LogP contribution is -2.51. The van der Waals surface area contributed by atoms with Crippen LogP contribution in [-0.2, 0) is 0 Å². The van der Waals surface area contributed by atoms with Crippen molar-refractivity contribution in [3.63, 3.8) is 0 Å². The highest BCUT2D eigenvalue weighted by Gasteiger charge is 2.23.